The first-order chi connectivity index (χ1) is 8.87. The second kappa shape index (κ2) is 4.85. The number of carboxylic acid groups (broad SMARTS) is 1. The lowest BCUT2D eigenvalue weighted by Gasteiger charge is -2.20. The number of methoxy groups -OCH3 is 1. The Morgan fingerprint density at radius 1 is 1.58 bits per heavy atom. The van der Waals surface area contributed by atoms with Gasteiger partial charge in [-0.1, -0.05) is 0 Å². The van der Waals surface area contributed by atoms with Gasteiger partial charge in [-0.25, -0.2) is 4.68 Å². The summed E-state index contributed by atoms with van der Waals surface area (Å²) in [5.74, 6) is 0.0336. The number of hydrogen-bond donors (Lipinski definition) is 1. The van der Waals surface area contributed by atoms with Crippen LogP contribution in [0.3, 0.4) is 0 Å². The van der Waals surface area contributed by atoms with Crippen molar-refractivity contribution in [3.8, 4) is 5.88 Å². The molecule has 2 rings (SSSR count). The number of hydrogen-bond acceptors (Lipinski definition) is 4. The number of aryl methyl sites for hydroxylation is 2. The van der Waals surface area contributed by atoms with Gasteiger partial charge in [-0.3, -0.25) is 9.69 Å². The summed E-state index contributed by atoms with van der Waals surface area (Å²) in [4.78, 5) is 13.4. The third-order valence-electron chi connectivity index (χ3n) is 3.93. The maximum Gasteiger partial charge on any atom is 0.310 e. The largest absolute Gasteiger partial charge is 0.481 e. The fourth-order valence-corrected chi connectivity index (χ4v) is 2.71. The van der Waals surface area contributed by atoms with Crippen LogP contribution in [0.15, 0.2) is 0 Å². The van der Waals surface area contributed by atoms with Crippen LogP contribution in [0.2, 0.25) is 0 Å². The smallest absolute Gasteiger partial charge is 0.310 e. The van der Waals surface area contributed by atoms with E-state index in [1.807, 2.05) is 20.9 Å². The molecule has 0 aromatic carbocycles. The second-order valence-electron chi connectivity index (χ2n) is 5.52. The maximum atomic E-state index is 11.2. The highest BCUT2D eigenvalue weighted by Crippen LogP contribution is 2.32. The summed E-state index contributed by atoms with van der Waals surface area (Å²) in [7, 11) is 3.48. The van der Waals surface area contributed by atoms with Crippen molar-refractivity contribution in [1.82, 2.24) is 14.7 Å². The summed E-state index contributed by atoms with van der Waals surface area (Å²) in [5, 5.41) is 13.6. The molecule has 1 fully saturated rings. The highest BCUT2D eigenvalue weighted by molar-refractivity contribution is 5.74. The van der Waals surface area contributed by atoms with Crippen molar-refractivity contribution in [2.75, 3.05) is 20.2 Å². The summed E-state index contributed by atoms with van der Waals surface area (Å²) in [5.41, 5.74) is 1.34. The minimum absolute atomic E-state index is 0.569. The predicted molar refractivity (Wildman–Crippen MR) is 70.1 cm³/mol. The van der Waals surface area contributed by atoms with Crippen LogP contribution in [-0.2, 0) is 18.4 Å². The van der Waals surface area contributed by atoms with E-state index >= 15 is 0 Å². The maximum absolute atomic E-state index is 11.2. The van der Waals surface area contributed by atoms with Crippen LogP contribution in [0.4, 0.5) is 0 Å². The fourth-order valence-electron chi connectivity index (χ4n) is 2.71. The van der Waals surface area contributed by atoms with Gasteiger partial charge in [0.25, 0.3) is 0 Å². The summed E-state index contributed by atoms with van der Waals surface area (Å²) >= 11 is 0. The number of ether oxygens (including phenoxy) is 1. The first-order valence-electron chi connectivity index (χ1n) is 6.39. The molecule has 0 spiro atoms. The summed E-state index contributed by atoms with van der Waals surface area (Å²) in [6.07, 6.45) is 0.684. The molecule has 0 amide bonds. The minimum Gasteiger partial charge on any atom is -0.481 e. The third kappa shape index (κ3) is 2.45. The van der Waals surface area contributed by atoms with Crippen molar-refractivity contribution < 1.29 is 14.6 Å². The predicted octanol–water partition coefficient (Wildman–Crippen LogP) is 1.03. The van der Waals surface area contributed by atoms with Gasteiger partial charge >= 0.3 is 5.97 Å². The van der Waals surface area contributed by atoms with E-state index in [1.54, 1.807) is 11.8 Å². The number of aliphatic carboxylic acids is 1. The second-order valence-corrected chi connectivity index (χ2v) is 5.52. The fraction of sp³-hybridized carbons (Fsp3) is 0.692. The Labute approximate surface area is 113 Å². The molecule has 1 aliphatic rings. The molecule has 2 heterocycles. The molecule has 19 heavy (non-hydrogen) atoms. The van der Waals surface area contributed by atoms with Crippen LogP contribution in [-0.4, -0.2) is 46.0 Å². The molecule has 0 saturated carbocycles. The first-order valence-corrected chi connectivity index (χ1v) is 6.39. The van der Waals surface area contributed by atoms with Crippen molar-refractivity contribution in [2.45, 2.75) is 26.8 Å². The first kappa shape index (κ1) is 13.9. The van der Waals surface area contributed by atoms with Crippen LogP contribution in [0, 0.1) is 12.3 Å². The monoisotopic (exact) mass is 267 g/mol. The Bertz CT molecular complexity index is 498. The molecule has 0 aliphatic carbocycles. The Morgan fingerprint density at radius 3 is 2.79 bits per heavy atom. The van der Waals surface area contributed by atoms with Crippen LogP contribution in [0.1, 0.15) is 24.6 Å². The summed E-state index contributed by atoms with van der Waals surface area (Å²) < 4.78 is 7.08. The van der Waals surface area contributed by atoms with Gasteiger partial charge in [0.2, 0.25) is 5.88 Å². The zero-order valence-corrected chi connectivity index (χ0v) is 11.9. The van der Waals surface area contributed by atoms with E-state index in [0.29, 0.717) is 19.5 Å². The van der Waals surface area contributed by atoms with E-state index in [1.165, 1.54) is 0 Å². The molecular weight excluding hydrogens is 246 g/mol. The van der Waals surface area contributed by atoms with Crippen molar-refractivity contribution >= 4 is 5.97 Å². The standard InChI is InChI=1S/C13H21N3O3/c1-9-10(11(19-4)15(3)14-9)7-16-6-5-13(2,8-16)12(17)18/h5-8H2,1-4H3,(H,17,18). The molecule has 1 aromatic rings. The number of nitrogens with zero attached hydrogens (tertiary/aromatic N) is 3. The van der Waals surface area contributed by atoms with E-state index in [9.17, 15) is 9.90 Å². The van der Waals surface area contributed by atoms with Crippen LogP contribution in [0.5, 0.6) is 5.88 Å². The highest BCUT2D eigenvalue weighted by atomic mass is 16.5. The van der Waals surface area contributed by atoms with E-state index in [4.69, 9.17) is 4.74 Å². The van der Waals surface area contributed by atoms with Crippen molar-refractivity contribution in [1.29, 1.82) is 0 Å². The van der Waals surface area contributed by atoms with E-state index in [-0.39, 0.29) is 0 Å². The van der Waals surface area contributed by atoms with Gasteiger partial charge in [0.1, 0.15) is 0 Å². The summed E-state index contributed by atoms with van der Waals surface area (Å²) in [6.45, 7) is 5.80. The molecule has 6 nitrogen and oxygen atoms in total. The molecule has 1 saturated heterocycles. The molecule has 1 atom stereocenters. The van der Waals surface area contributed by atoms with Gasteiger partial charge < -0.3 is 9.84 Å². The van der Waals surface area contributed by atoms with Gasteiger partial charge in [-0.05, 0) is 26.8 Å². The topological polar surface area (TPSA) is 67.6 Å². The zero-order valence-electron chi connectivity index (χ0n) is 11.9. The number of rotatable bonds is 4. The zero-order chi connectivity index (χ0) is 14.2. The Balaban J connectivity index is 2.14. The average Bonchev–Trinajstić information content (AvgIpc) is 2.83. The van der Waals surface area contributed by atoms with Crippen molar-refractivity contribution in [3.05, 3.63) is 11.3 Å². The number of carboxylic acids is 1. The molecule has 1 N–H and O–H groups in total. The van der Waals surface area contributed by atoms with Gasteiger partial charge in [0.15, 0.2) is 0 Å². The molecular formula is C13H21N3O3. The Hall–Kier alpha value is -1.56. The van der Waals surface area contributed by atoms with Crippen LogP contribution < -0.4 is 4.74 Å². The summed E-state index contributed by atoms with van der Waals surface area (Å²) in [6, 6.07) is 0. The van der Waals surface area contributed by atoms with E-state index < -0.39 is 11.4 Å². The number of carbonyl (C=O) groups is 1. The lowest BCUT2D eigenvalue weighted by Crippen LogP contribution is -2.31. The van der Waals surface area contributed by atoms with Gasteiger partial charge in [0, 0.05) is 20.1 Å². The van der Waals surface area contributed by atoms with Gasteiger partial charge in [-0.2, -0.15) is 5.10 Å². The number of aromatic nitrogens is 2. The Morgan fingerprint density at radius 2 is 2.26 bits per heavy atom. The van der Waals surface area contributed by atoms with Crippen molar-refractivity contribution in [3.63, 3.8) is 0 Å². The van der Waals surface area contributed by atoms with E-state index in [0.717, 1.165) is 23.7 Å². The molecule has 6 heteroatoms. The van der Waals surface area contributed by atoms with E-state index in [2.05, 4.69) is 10.00 Å². The molecule has 1 unspecified atom stereocenters. The molecule has 0 bridgehead atoms. The average molecular weight is 267 g/mol. The van der Waals surface area contributed by atoms with Gasteiger partial charge in [0.05, 0.1) is 23.8 Å². The number of likely N-dealkylation sites (tertiary alicyclic amines) is 1. The SMILES string of the molecule is COc1c(CN2CCC(C)(C(=O)O)C2)c(C)nn1C. The molecule has 0 radical (unpaired) electrons. The quantitative estimate of drug-likeness (QED) is 0.882. The van der Waals surface area contributed by atoms with Gasteiger partial charge in [-0.15, -0.1) is 0 Å². The molecule has 1 aliphatic heterocycles. The normalized spacial score (nSPS) is 23.8. The minimum atomic E-state index is -0.718. The highest BCUT2D eigenvalue weighted by Gasteiger charge is 2.40. The lowest BCUT2D eigenvalue weighted by molar-refractivity contribution is -0.147. The lowest BCUT2D eigenvalue weighted by atomic mass is 9.90. The Kier molecular flexibility index (Phi) is 3.54. The molecule has 106 valence electrons. The third-order valence-corrected chi connectivity index (χ3v) is 3.93. The van der Waals surface area contributed by atoms with Crippen molar-refractivity contribution in [2.24, 2.45) is 12.5 Å². The van der Waals surface area contributed by atoms with Crippen LogP contribution >= 0.6 is 0 Å². The molecule has 1 aromatic heterocycles. The van der Waals surface area contributed by atoms with Crippen LogP contribution in [0.25, 0.3) is 0 Å².